The molecule has 0 spiro atoms. The quantitative estimate of drug-likeness (QED) is 0.505. The van der Waals surface area contributed by atoms with Crippen LogP contribution in [0.4, 0.5) is 0 Å². The van der Waals surface area contributed by atoms with E-state index in [1.807, 2.05) is 73.4 Å². The van der Waals surface area contributed by atoms with Crippen LogP contribution in [-0.4, -0.2) is 16.9 Å². The molecule has 0 bridgehead atoms. The van der Waals surface area contributed by atoms with E-state index < -0.39 is 0 Å². The molecule has 0 atom stereocenters. The Bertz CT molecular complexity index is 1300. The molecule has 4 aromatic rings. The summed E-state index contributed by atoms with van der Waals surface area (Å²) in [6.45, 7) is 1.88. The van der Waals surface area contributed by atoms with Crippen molar-refractivity contribution in [3.63, 3.8) is 0 Å². The molecule has 0 saturated heterocycles. The summed E-state index contributed by atoms with van der Waals surface area (Å²) in [5.74, 6) is 3.81. The molecule has 1 aromatic heterocycles. The maximum absolute atomic E-state index is 11.7. The van der Waals surface area contributed by atoms with Crippen LogP contribution in [0.15, 0.2) is 60.7 Å². The van der Waals surface area contributed by atoms with E-state index in [0.29, 0.717) is 10.9 Å². The second-order valence-corrected chi connectivity index (χ2v) is 5.91. The van der Waals surface area contributed by atoms with E-state index in [1.165, 1.54) is 0 Å². The Hall–Kier alpha value is -3.51. The molecule has 0 unspecified atom stereocenters. The van der Waals surface area contributed by atoms with Gasteiger partial charge in [-0.1, -0.05) is 48.5 Å². The van der Waals surface area contributed by atoms with Gasteiger partial charge in [0.1, 0.15) is 11.9 Å². The van der Waals surface area contributed by atoms with E-state index in [2.05, 4.69) is 0 Å². The molecule has 0 fully saturated rings. The summed E-state index contributed by atoms with van der Waals surface area (Å²) in [5, 5.41) is 2.01. The fraction of sp³-hybridized carbons (Fsp3) is 0.0455. The summed E-state index contributed by atoms with van der Waals surface area (Å²) in [5.41, 5.74) is 4.23. The second kappa shape index (κ2) is 5.85. The molecule has 0 saturated carbocycles. The predicted molar refractivity (Wildman–Crippen MR) is 98.3 cm³/mol. The normalized spacial score (nSPS) is 10.6. The number of aryl methyl sites for hydroxylation is 1. The second-order valence-electron chi connectivity index (χ2n) is 5.91. The summed E-state index contributed by atoms with van der Waals surface area (Å²) >= 11 is 0. The van der Waals surface area contributed by atoms with Crippen LogP contribution < -0.4 is 10.4 Å². The fourth-order valence-electron chi connectivity index (χ4n) is 3.32. The Morgan fingerprint density at radius 2 is 1.60 bits per heavy atom. The number of pyridine rings is 1. The first-order chi connectivity index (χ1) is 12.2. The topological polar surface area (TPSA) is 47.0 Å². The van der Waals surface area contributed by atoms with Crippen LogP contribution in [0.3, 0.4) is 0 Å². The zero-order chi connectivity index (χ0) is 17.4. The highest BCUT2D eigenvalue weighted by atomic mass is 16.1. The van der Waals surface area contributed by atoms with Gasteiger partial charge in [-0.15, -0.1) is 0 Å². The maximum atomic E-state index is 11.7. The lowest BCUT2D eigenvalue weighted by atomic mass is 9.93. The van der Waals surface area contributed by atoms with Crippen LogP contribution >= 0.6 is 0 Å². The van der Waals surface area contributed by atoms with Crippen LogP contribution in [0.5, 0.6) is 0 Å². The van der Waals surface area contributed by atoms with Gasteiger partial charge < -0.3 is 0 Å². The van der Waals surface area contributed by atoms with Gasteiger partial charge in [-0.3, -0.25) is 0 Å². The smallest absolute Gasteiger partial charge is 0.134 e. The molecule has 3 nitrogen and oxygen atoms in total. The highest BCUT2D eigenvalue weighted by molar-refractivity contribution is 6.11. The molecule has 1 heterocycles. The van der Waals surface area contributed by atoms with Crippen molar-refractivity contribution in [3.8, 4) is 11.1 Å². The molecule has 3 aromatic carbocycles. The zero-order valence-corrected chi connectivity index (χ0v) is 13.5. The number of carbonyl (C=O) groups excluding carboxylic acids is 2. The van der Waals surface area contributed by atoms with Crippen molar-refractivity contribution in [2.75, 3.05) is 0 Å². The maximum Gasteiger partial charge on any atom is 0.134 e. The highest BCUT2D eigenvalue weighted by Gasteiger charge is 2.15. The van der Waals surface area contributed by atoms with Crippen molar-refractivity contribution in [3.05, 3.63) is 76.7 Å². The molecule has 25 heavy (non-hydrogen) atoms. The number of nitrogens with zero attached hydrogens (tertiary/aromatic N) is 1. The minimum absolute atomic E-state index is 0.215. The van der Waals surface area contributed by atoms with Gasteiger partial charge >= 0.3 is 0 Å². The van der Waals surface area contributed by atoms with Gasteiger partial charge in [0, 0.05) is 16.3 Å². The third-order valence-corrected chi connectivity index (χ3v) is 4.42. The summed E-state index contributed by atoms with van der Waals surface area (Å²) < 4.78 is 0. The third-order valence-electron chi connectivity index (χ3n) is 4.42. The lowest BCUT2D eigenvalue weighted by molar-refractivity contribution is 0.564. The summed E-state index contributed by atoms with van der Waals surface area (Å²) in [6.07, 6.45) is 0. The van der Waals surface area contributed by atoms with Crippen molar-refractivity contribution in [1.82, 2.24) is 4.98 Å². The van der Waals surface area contributed by atoms with Crippen molar-refractivity contribution >= 4 is 33.7 Å². The molecule has 4 rings (SSSR count). The molecule has 0 aliphatic carbocycles. The van der Waals surface area contributed by atoms with E-state index in [0.717, 1.165) is 27.6 Å². The Morgan fingerprint density at radius 3 is 2.32 bits per heavy atom. The first-order valence-electron chi connectivity index (χ1n) is 7.92. The lowest BCUT2D eigenvalue weighted by Crippen LogP contribution is -2.29. The SMILES string of the molecule is Cc1cc(=C=O)c(=C=O)c2c(-c3ccccc3)c3ccccc3nc12. The van der Waals surface area contributed by atoms with E-state index >= 15 is 0 Å². The van der Waals surface area contributed by atoms with Crippen LogP contribution in [-0.2, 0) is 9.59 Å². The summed E-state index contributed by atoms with van der Waals surface area (Å²) in [6, 6.07) is 19.3. The van der Waals surface area contributed by atoms with Gasteiger partial charge in [0.05, 0.1) is 21.5 Å². The standard InChI is InChI=1S/C22H13NO2/c1-14-11-16(12-24)18(13-25)21-20(15-7-3-2-4-8-15)17-9-5-6-10-19(17)23-22(14)21/h2-11H,1H3. The van der Waals surface area contributed by atoms with E-state index in [4.69, 9.17) is 4.98 Å². The first-order valence-corrected chi connectivity index (χ1v) is 7.92. The third kappa shape index (κ3) is 2.28. The van der Waals surface area contributed by atoms with Crippen molar-refractivity contribution in [1.29, 1.82) is 0 Å². The Labute approximate surface area is 143 Å². The Balaban J connectivity index is 2.44. The molecular formula is C22H13NO2. The Morgan fingerprint density at radius 1 is 0.880 bits per heavy atom. The molecule has 0 radical (unpaired) electrons. The number of hydrogen-bond donors (Lipinski definition) is 0. The number of aromatic nitrogens is 1. The molecule has 0 aliphatic heterocycles. The van der Waals surface area contributed by atoms with Gasteiger partial charge in [-0.05, 0) is 30.2 Å². The van der Waals surface area contributed by atoms with Gasteiger partial charge in [0.15, 0.2) is 0 Å². The number of fused-ring (bicyclic) bond motifs is 2. The average Bonchev–Trinajstić information content (AvgIpc) is 2.67. The Kier molecular flexibility index (Phi) is 3.52. The fourth-order valence-corrected chi connectivity index (χ4v) is 3.32. The lowest BCUT2D eigenvalue weighted by Gasteiger charge is -2.12. The van der Waals surface area contributed by atoms with Gasteiger partial charge in [-0.2, -0.15) is 0 Å². The van der Waals surface area contributed by atoms with E-state index in [-0.39, 0.29) is 10.4 Å². The zero-order valence-electron chi connectivity index (χ0n) is 13.5. The largest absolute Gasteiger partial charge is 0.247 e. The first kappa shape index (κ1) is 15.0. The molecule has 0 aliphatic rings. The minimum Gasteiger partial charge on any atom is -0.247 e. The van der Waals surface area contributed by atoms with Crippen LogP contribution in [0, 0.1) is 6.92 Å². The van der Waals surface area contributed by atoms with Crippen LogP contribution in [0.25, 0.3) is 32.9 Å². The molecule has 0 amide bonds. The summed E-state index contributed by atoms with van der Waals surface area (Å²) in [4.78, 5) is 27.8. The predicted octanol–water partition coefficient (Wildman–Crippen LogP) is 2.37. The van der Waals surface area contributed by atoms with Crippen LogP contribution in [0.1, 0.15) is 5.56 Å². The number of rotatable bonds is 1. The van der Waals surface area contributed by atoms with Crippen molar-refractivity contribution < 1.29 is 9.59 Å². The van der Waals surface area contributed by atoms with E-state index in [9.17, 15) is 9.59 Å². The molecular weight excluding hydrogens is 310 g/mol. The highest BCUT2D eigenvalue weighted by Crippen LogP contribution is 2.33. The molecule has 118 valence electrons. The van der Waals surface area contributed by atoms with E-state index in [1.54, 1.807) is 6.07 Å². The minimum atomic E-state index is 0.215. The molecule has 0 N–H and O–H groups in total. The average molecular weight is 323 g/mol. The van der Waals surface area contributed by atoms with Gasteiger partial charge in [0.2, 0.25) is 0 Å². The van der Waals surface area contributed by atoms with Crippen molar-refractivity contribution in [2.45, 2.75) is 6.92 Å². The van der Waals surface area contributed by atoms with Gasteiger partial charge in [-0.25, -0.2) is 14.6 Å². The number of benzene rings is 3. The van der Waals surface area contributed by atoms with Crippen LogP contribution in [0.2, 0.25) is 0 Å². The summed E-state index contributed by atoms with van der Waals surface area (Å²) in [7, 11) is 0. The monoisotopic (exact) mass is 323 g/mol. The number of para-hydroxylation sites is 1. The number of hydrogen-bond acceptors (Lipinski definition) is 3. The van der Waals surface area contributed by atoms with Gasteiger partial charge in [0.25, 0.3) is 0 Å². The van der Waals surface area contributed by atoms with Crippen molar-refractivity contribution in [2.24, 2.45) is 0 Å². The molecule has 3 heteroatoms.